The van der Waals surface area contributed by atoms with Crippen LogP contribution in [-0.2, 0) is 14.3 Å². The van der Waals surface area contributed by atoms with Crippen LogP contribution in [0.25, 0.3) is 0 Å². The first kappa shape index (κ1) is 13.4. The van der Waals surface area contributed by atoms with E-state index in [4.69, 9.17) is 11.6 Å². The number of amides is 1. The molecule has 0 aromatic heterocycles. The lowest BCUT2D eigenvalue weighted by atomic mass is 10.3. The van der Waals surface area contributed by atoms with Gasteiger partial charge in [0.25, 0.3) is 0 Å². The van der Waals surface area contributed by atoms with Gasteiger partial charge in [-0.05, 0) is 25.1 Å². The van der Waals surface area contributed by atoms with Crippen LogP contribution < -0.4 is 4.90 Å². The van der Waals surface area contributed by atoms with Gasteiger partial charge in [-0.15, -0.1) is 0 Å². The maximum Gasteiger partial charge on any atom is 0.397 e. The van der Waals surface area contributed by atoms with E-state index in [1.165, 1.54) is 19.2 Å². The summed E-state index contributed by atoms with van der Waals surface area (Å²) in [7, 11) is 1.27. The van der Waals surface area contributed by atoms with Crippen LogP contribution in [0.2, 0.25) is 5.02 Å². The summed E-state index contributed by atoms with van der Waals surface area (Å²) in [6.45, 7) is 1.65. The summed E-state index contributed by atoms with van der Waals surface area (Å²) in [5.41, 5.74) is -0.0736. The van der Waals surface area contributed by atoms with E-state index in [1.807, 2.05) is 0 Å². The molecule has 0 radical (unpaired) electrons. The Morgan fingerprint density at radius 2 is 2.12 bits per heavy atom. The van der Waals surface area contributed by atoms with Crippen molar-refractivity contribution < 1.29 is 18.7 Å². The largest absolute Gasteiger partial charge is 0.459 e. The highest BCUT2D eigenvalue weighted by Gasteiger charge is 2.23. The topological polar surface area (TPSA) is 46.6 Å². The van der Waals surface area contributed by atoms with E-state index in [2.05, 4.69) is 4.74 Å². The van der Waals surface area contributed by atoms with Crippen LogP contribution in [0.15, 0.2) is 18.2 Å². The van der Waals surface area contributed by atoms with Crippen LogP contribution >= 0.6 is 11.6 Å². The highest BCUT2D eigenvalue weighted by atomic mass is 35.5. The number of anilines is 1. The second-order valence-corrected chi connectivity index (χ2v) is 3.62. The lowest BCUT2D eigenvalue weighted by Gasteiger charge is -2.16. The van der Waals surface area contributed by atoms with Crippen LogP contribution in [0.3, 0.4) is 0 Å². The highest BCUT2D eigenvalue weighted by molar-refractivity contribution is 6.38. The maximum absolute atomic E-state index is 13.4. The fraction of sp³-hybridized carbons (Fsp3) is 0.273. The first-order valence-electron chi connectivity index (χ1n) is 4.87. The number of benzene rings is 1. The summed E-state index contributed by atoms with van der Waals surface area (Å²) < 4.78 is 18.0. The third kappa shape index (κ3) is 3.17. The first-order valence-corrected chi connectivity index (χ1v) is 5.25. The summed E-state index contributed by atoms with van der Waals surface area (Å²) >= 11 is 5.69. The molecule has 4 nitrogen and oxygen atoms in total. The van der Waals surface area contributed by atoms with Crippen molar-refractivity contribution in [3.63, 3.8) is 0 Å². The van der Waals surface area contributed by atoms with E-state index in [-0.39, 0.29) is 17.3 Å². The van der Waals surface area contributed by atoms with Crippen molar-refractivity contribution in [1.29, 1.82) is 0 Å². The normalized spacial score (nSPS) is 9.88. The van der Waals surface area contributed by atoms with Gasteiger partial charge in [0, 0.05) is 12.1 Å². The van der Waals surface area contributed by atoms with E-state index in [1.54, 1.807) is 6.92 Å². The number of halogens is 2. The quantitative estimate of drug-likeness (QED) is 0.603. The van der Waals surface area contributed by atoms with Gasteiger partial charge in [0.15, 0.2) is 0 Å². The molecule has 0 saturated carbocycles. The zero-order chi connectivity index (χ0) is 13.0. The van der Waals surface area contributed by atoms with Gasteiger partial charge in [-0.1, -0.05) is 11.6 Å². The molecule has 0 spiro atoms. The predicted octanol–water partition coefficient (Wildman–Crippen LogP) is 2.00. The molecule has 0 unspecified atom stereocenters. The molecular weight excluding hydrogens is 249 g/mol. The number of nitrogens with zero attached hydrogens (tertiary/aromatic N) is 1. The van der Waals surface area contributed by atoms with Crippen molar-refractivity contribution in [3.8, 4) is 0 Å². The van der Waals surface area contributed by atoms with Crippen molar-refractivity contribution >= 4 is 29.2 Å². The predicted molar refractivity (Wildman–Crippen MR) is 61.5 cm³/mol. The van der Waals surface area contributed by atoms with Gasteiger partial charge in [0.1, 0.15) is 5.82 Å². The molecule has 0 atom stereocenters. The average molecular weight is 260 g/mol. The SMILES string of the molecule is CCOC(=O)C(=O)N(C)c1cc(Cl)ccc1F. The lowest BCUT2D eigenvalue weighted by molar-refractivity contribution is -0.153. The Kier molecular flexibility index (Phi) is 4.45. The van der Waals surface area contributed by atoms with Crippen LogP contribution in [0.4, 0.5) is 10.1 Å². The van der Waals surface area contributed by atoms with Crippen LogP contribution in [0.5, 0.6) is 0 Å². The Morgan fingerprint density at radius 3 is 2.71 bits per heavy atom. The fourth-order valence-corrected chi connectivity index (χ4v) is 1.35. The van der Waals surface area contributed by atoms with Gasteiger partial charge in [-0.25, -0.2) is 9.18 Å². The van der Waals surface area contributed by atoms with Gasteiger partial charge >= 0.3 is 11.9 Å². The molecule has 1 aromatic carbocycles. The monoisotopic (exact) mass is 259 g/mol. The first-order chi connectivity index (χ1) is 7.97. The molecule has 0 aliphatic carbocycles. The summed E-state index contributed by atoms with van der Waals surface area (Å²) in [6, 6.07) is 3.73. The Labute approximate surface area is 103 Å². The van der Waals surface area contributed by atoms with Gasteiger partial charge < -0.3 is 9.64 Å². The third-order valence-corrected chi connectivity index (χ3v) is 2.26. The van der Waals surface area contributed by atoms with Crippen LogP contribution in [0, 0.1) is 5.82 Å². The Morgan fingerprint density at radius 1 is 1.47 bits per heavy atom. The molecule has 0 saturated heterocycles. The Hall–Kier alpha value is -1.62. The van der Waals surface area contributed by atoms with Crippen LogP contribution in [-0.4, -0.2) is 25.5 Å². The second kappa shape index (κ2) is 5.63. The zero-order valence-electron chi connectivity index (χ0n) is 9.37. The summed E-state index contributed by atoms with van der Waals surface area (Å²) in [5.74, 6) is -2.63. The minimum absolute atomic E-state index is 0.0736. The maximum atomic E-state index is 13.4. The molecule has 1 amide bonds. The molecular formula is C11H11ClFNO3. The minimum atomic E-state index is -1.03. The lowest BCUT2D eigenvalue weighted by Crippen LogP contribution is -2.35. The summed E-state index contributed by atoms with van der Waals surface area (Å²) in [5, 5.41) is 0.268. The Balaban J connectivity index is 2.96. The van der Waals surface area contributed by atoms with Crippen LogP contribution in [0.1, 0.15) is 6.92 Å². The number of carbonyl (C=O) groups is 2. The van der Waals surface area contributed by atoms with E-state index < -0.39 is 17.7 Å². The molecule has 0 heterocycles. The molecule has 92 valence electrons. The number of likely N-dealkylation sites (N-methyl/N-ethyl adjacent to an activating group) is 1. The zero-order valence-corrected chi connectivity index (χ0v) is 10.1. The minimum Gasteiger partial charge on any atom is -0.459 e. The van der Waals surface area contributed by atoms with E-state index in [0.717, 1.165) is 11.0 Å². The highest BCUT2D eigenvalue weighted by Crippen LogP contribution is 2.22. The van der Waals surface area contributed by atoms with Crippen molar-refractivity contribution in [2.75, 3.05) is 18.6 Å². The average Bonchev–Trinajstić information content (AvgIpc) is 2.30. The molecule has 1 rings (SSSR count). The Bertz CT molecular complexity index is 450. The fourth-order valence-electron chi connectivity index (χ4n) is 1.18. The summed E-state index contributed by atoms with van der Waals surface area (Å²) in [4.78, 5) is 23.6. The second-order valence-electron chi connectivity index (χ2n) is 3.18. The molecule has 0 fully saturated rings. The molecule has 17 heavy (non-hydrogen) atoms. The van der Waals surface area contributed by atoms with Gasteiger partial charge in [-0.2, -0.15) is 0 Å². The number of ether oxygens (including phenoxy) is 1. The van der Waals surface area contributed by atoms with Crippen molar-refractivity contribution in [2.45, 2.75) is 6.92 Å². The molecule has 0 aliphatic rings. The smallest absolute Gasteiger partial charge is 0.397 e. The number of esters is 1. The molecule has 0 bridgehead atoms. The third-order valence-electron chi connectivity index (χ3n) is 2.02. The van der Waals surface area contributed by atoms with E-state index in [0.29, 0.717) is 0 Å². The van der Waals surface area contributed by atoms with Gasteiger partial charge in [0.05, 0.1) is 12.3 Å². The molecule has 0 aliphatic heterocycles. The van der Waals surface area contributed by atoms with Gasteiger partial charge in [-0.3, -0.25) is 4.79 Å². The molecule has 1 aromatic rings. The van der Waals surface area contributed by atoms with E-state index in [9.17, 15) is 14.0 Å². The van der Waals surface area contributed by atoms with Gasteiger partial charge in [0.2, 0.25) is 0 Å². The van der Waals surface area contributed by atoms with E-state index >= 15 is 0 Å². The summed E-state index contributed by atoms with van der Waals surface area (Å²) in [6.07, 6.45) is 0. The number of hydrogen-bond donors (Lipinski definition) is 0. The standard InChI is InChI=1S/C11H11ClFNO3/c1-3-17-11(16)10(15)14(2)9-6-7(12)4-5-8(9)13/h4-6H,3H2,1-2H3. The molecule has 0 N–H and O–H groups in total. The number of hydrogen-bond acceptors (Lipinski definition) is 3. The number of carbonyl (C=O) groups excluding carboxylic acids is 2. The van der Waals surface area contributed by atoms with Crippen molar-refractivity contribution in [1.82, 2.24) is 0 Å². The number of rotatable bonds is 2. The van der Waals surface area contributed by atoms with Crippen molar-refractivity contribution in [2.24, 2.45) is 0 Å². The molecule has 6 heteroatoms. The van der Waals surface area contributed by atoms with Crippen molar-refractivity contribution in [3.05, 3.63) is 29.0 Å².